The van der Waals surface area contributed by atoms with Crippen LogP contribution in [-0.4, -0.2) is 27.6 Å². The Morgan fingerprint density at radius 2 is 1.58 bits per heavy atom. The summed E-state index contributed by atoms with van der Waals surface area (Å²) in [5, 5.41) is 5.80. The lowest BCUT2D eigenvalue weighted by Gasteiger charge is -2.14. The summed E-state index contributed by atoms with van der Waals surface area (Å²) in [6.45, 7) is 1.50. The van der Waals surface area contributed by atoms with Crippen molar-refractivity contribution in [3.8, 4) is 0 Å². The van der Waals surface area contributed by atoms with Gasteiger partial charge in [-0.1, -0.05) is 36.4 Å². The minimum Gasteiger partial charge on any atom is -0.350 e. The second-order valence-corrected chi connectivity index (χ2v) is 7.02. The van der Waals surface area contributed by atoms with Gasteiger partial charge in [0.1, 0.15) is 5.70 Å². The van der Waals surface area contributed by atoms with E-state index in [1.165, 1.54) is 11.8 Å². The highest BCUT2D eigenvalue weighted by atomic mass is 16.2. The highest BCUT2D eigenvalue weighted by Crippen LogP contribution is 2.32. The lowest BCUT2D eigenvalue weighted by atomic mass is 10.0. The summed E-state index contributed by atoms with van der Waals surface area (Å²) in [6, 6.07) is 21.4. The number of amides is 3. The lowest BCUT2D eigenvalue weighted by Crippen LogP contribution is -2.32. The number of carbonyl (C=O) groups is 3. The number of hydrogen-bond acceptors (Lipinski definition) is 5. The Morgan fingerprint density at radius 3 is 2.23 bits per heavy atom. The Morgan fingerprint density at radius 1 is 0.871 bits per heavy atom. The molecular formula is C24H20N4O3. The van der Waals surface area contributed by atoms with Crippen LogP contribution in [0.15, 0.2) is 84.7 Å². The number of anilines is 2. The summed E-state index contributed by atoms with van der Waals surface area (Å²) in [5.74, 6) is -1.01. The van der Waals surface area contributed by atoms with Crippen LogP contribution < -0.4 is 10.6 Å². The standard InChI is InChI=1S/C24H20N4O3/c1-16(29)26-19-12-10-17(11-13-19)21-22(27-18-7-3-2-4-8-18)24(31)28(23(21)30)15-20-9-5-6-14-25-20/h2-14,27H,15H2,1H3,(H,26,29). The van der Waals surface area contributed by atoms with Crippen LogP contribution >= 0.6 is 0 Å². The van der Waals surface area contributed by atoms with Crippen LogP contribution in [0.5, 0.6) is 0 Å². The summed E-state index contributed by atoms with van der Waals surface area (Å²) in [6.07, 6.45) is 1.62. The highest BCUT2D eigenvalue weighted by molar-refractivity contribution is 6.36. The molecule has 0 aliphatic carbocycles. The van der Waals surface area contributed by atoms with Crippen molar-refractivity contribution in [3.05, 3.63) is 95.9 Å². The van der Waals surface area contributed by atoms with Crippen LogP contribution in [0.2, 0.25) is 0 Å². The second kappa shape index (κ2) is 8.62. The van der Waals surface area contributed by atoms with Gasteiger partial charge in [0.05, 0.1) is 17.8 Å². The molecule has 3 amide bonds. The largest absolute Gasteiger partial charge is 0.350 e. The summed E-state index contributed by atoms with van der Waals surface area (Å²) in [4.78, 5) is 43.2. The molecular weight excluding hydrogens is 392 g/mol. The van der Waals surface area contributed by atoms with E-state index >= 15 is 0 Å². The van der Waals surface area contributed by atoms with Gasteiger partial charge in [-0.05, 0) is 42.0 Å². The third-order valence-corrected chi connectivity index (χ3v) is 4.75. The molecule has 2 N–H and O–H groups in total. The Kier molecular flexibility index (Phi) is 5.57. The molecule has 7 nitrogen and oxygen atoms in total. The first-order valence-electron chi connectivity index (χ1n) is 9.73. The molecule has 0 spiro atoms. The molecule has 0 atom stereocenters. The van der Waals surface area contributed by atoms with Crippen LogP contribution in [-0.2, 0) is 20.9 Å². The van der Waals surface area contributed by atoms with Gasteiger partial charge in [-0.2, -0.15) is 0 Å². The van der Waals surface area contributed by atoms with Gasteiger partial charge in [-0.25, -0.2) is 0 Å². The summed E-state index contributed by atoms with van der Waals surface area (Å²) in [7, 11) is 0. The molecule has 0 unspecified atom stereocenters. The number of carbonyl (C=O) groups excluding carboxylic acids is 3. The Bertz CT molecular complexity index is 1160. The predicted molar refractivity (Wildman–Crippen MR) is 118 cm³/mol. The number of nitrogens with one attached hydrogen (secondary N) is 2. The Labute approximate surface area is 179 Å². The molecule has 0 bridgehead atoms. The Hall–Kier alpha value is -4.26. The van der Waals surface area contributed by atoms with Gasteiger partial charge in [-0.15, -0.1) is 0 Å². The van der Waals surface area contributed by atoms with E-state index in [2.05, 4.69) is 15.6 Å². The first-order chi connectivity index (χ1) is 15.0. The smallest absolute Gasteiger partial charge is 0.278 e. The SMILES string of the molecule is CC(=O)Nc1ccc(C2=C(Nc3ccccc3)C(=O)N(Cc3ccccn3)C2=O)cc1. The molecule has 7 heteroatoms. The van der Waals surface area contributed by atoms with Gasteiger partial charge in [-0.3, -0.25) is 24.3 Å². The molecule has 154 valence electrons. The van der Waals surface area contributed by atoms with E-state index in [1.807, 2.05) is 36.4 Å². The van der Waals surface area contributed by atoms with Crippen LogP contribution in [0, 0.1) is 0 Å². The molecule has 1 aromatic heterocycles. The average molecular weight is 412 g/mol. The van der Waals surface area contributed by atoms with Crippen molar-refractivity contribution in [2.75, 3.05) is 10.6 Å². The third kappa shape index (κ3) is 4.35. The van der Waals surface area contributed by atoms with E-state index in [-0.39, 0.29) is 23.7 Å². The topological polar surface area (TPSA) is 91.4 Å². The molecule has 2 heterocycles. The second-order valence-electron chi connectivity index (χ2n) is 7.02. The maximum Gasteiger partial charge on any atom is 0.278 e. The summed E-state index contributed by atoms with van der Waals surface area (Å²) >= 11 is 0. The fourth-order valence-electron chi connectivity index (χ4n) is 3.35. The maximum atomic E-state index is 13.3. The number of pyridine rings is 1. The number of aromatic nitrogens is 1. The van der Waals surface area contributed by atoms with Crippen molar-refractivity contribution >= 4 is 34.7 Å². The fraction of sp³-hybridized carbons (Fsp3) is 0.0833. The number of rotatable bonds is 6. The third-order valence-electron chi connectivity index (χ3n) is 4.75. The van der Waals surface area contributed by atoms with Gasteiger partial charge in [0.2, 0.25) is 5.91 Å². The molecule has 1 aliphatic rings. The predicted octanol–water partition coefficient (Wildman–Crippen LogP) is 3.43. The van der Waals surface area contributed by atoms with Crippen molar-refractivity contribution in [2.45, 2.75) is 13.5 Å². The quantitative estimate of drug-likeness (QED) is 0.606. The van der Waals surface area contributed by atoms with Gasteiger partial charge in [0, 0.05) is 24.5 Å². The zero-order chi connectivity index (χ0) is 21.8. The number of para-hydroxylation sites is 1. The van der Waals surface area contributed by atoms with E-state index < -0.39 is 11.8 Å². The van der Waals surface area contributed by atoms with Crippen molar-refractivity contribution < 1.29 is 14.4 Å². The number of hydrogen-bond donors (Lipinski definition) is 2. The first kappa shape index (κ1) is 20.0. The van der Waals surface area contributed by atoms with Crippen molar-refractivity contribution in [1.29, 1.82) is 0 Å². The number of benzene rings is 2. The fourth-order valence-corrected chi connectivity index (χ4v) is 3.35. The van der Waals surface area contributed by atoms with Crippen molar-refractivity contribution in [2.24, 2.45) is 0 Å². The van der Waals surface area contributed by atoms with Crippen LogP contribution in [0.3, 0.4) is 0 Å². The molecule has 0 fully saturated rings. The molecule has 2 aromatic carbocycles. The minimum atomic E-state index is -0.416. The van der Waals surface area contributed by atoms with Crippen LogP contribution in [0.4, 0.5) is 11.4 Å². The molecule has 0 saturated heterocycles. The average Bonchev–Trinajstić information content (AvgIpc) is 3.00. The maximum absolute atomic E-state index is 13.3. The summed E-state index contributed by atoms with van der Waals surface area (Å²) < 4.78 is 0. The van der Waals surface area contributed by atoms with Crippen LogP contribution in [0.25, 0.3) is 5.57 Å². The minimum absolute atomic E-state index is 0.0753. The van der Waals surface area contributed by atoms with Crippen LogP contribution in [0.1, 0.15) is 18.2 Å². The molecule has 0 radical (unpaired) electrons. The number of nitrogens with zero attached hydrogens (tertiary/aromatic N) is 2. The van der Waals surface area contributed by atoms with Gasteiger partial charge >= 0.3 is 0 Å². The molecule has 4 rings (SSSR count). The zero-order valence-electron chi connectivity index (χ0n) is 16.8. The normalized spacial score (nSPS) is 13.5. The Balaban J connectivity index is 1.71. The summed E-state index contributed by atoms with van der Waals surface area (Å²) in [5.41, 5.74) is 2.99. The van der Waals surface area contributed by atoms with Crippen molar-refractivity contribution in [3.63, 3.8) is 0 Å². The molecule has 31 heavy (non-hydrogen) atoms. The zero-order valence-corrected chi connectivity index (χ0v) is 16.8. The lowest BCUT2D eigenvalue weighted by molar-refractivity contribution is -0.137. The molecule has 3 aromatic rings. The van der Waals surface area contributed by atoms with E-state index in [1.54, 1.807) is 42.6 Å². The van der Waals surface area contributed by atoms with Crippen molar-refractivity contribution in [1.82, 2.24) is 9.88 Å². The van der Waals surface area contributed by atoms with Gasteiger partial charge in [0.15, 0.2) is 0 Å². The number of imide groups is 1. The van der Waals surface area contributed by atoms with Gasteiger partial charge in [0.25, 0.3) is 11.8 Å². The highest BCUT2D eigenvalue weighted by Gasteiger charge is 2.39. The van der Waals surface area contributed by atoms with E-state index in [9.17, 15) is 14.4 Å². The molecule has 1 aliphatic heterocycles. The first-order valence-corrected chi connectivity index (χ1v) is 9.73. The van der Waals surface area contributed by atoms with E-state index in [4.69, 9.17) is 0 Å². The van der Waals surface area contributed by atoms with Gasteiger partial charge < -0.3 is 10.6 Å². The van der Waals surface area contributed by atoms with E-state index in [0.717, 1.165) is 0 Å². The van der Waals surface area contributed by atoms with E-state index in [0.29, 0.717) is 22.6 Å². The molecule has 0 saturated carbocycles. The monoisotopic (exact) mass is 412 g/mol.